The van der Waals surface area contributed by atoms with Crippen molar-refractivity contribution in [2.45, 2.75) is 46.3 Å². The fraction of sp³-hybridized carbons (Fsp3) is 0.889. The van der Waals surface area contributed by atoms with E-state index < -0.39 is 0 Å². The Labute approximate surface area is 73.5 Å². The monoisotopic (exact) mass is 171 g/mol. The lowest BCUT2D eigenvalue weighted by Crippen LogP contribution is -2.38. The Kier molecular flexibility index (Phi) is 2.31. The molecule has 0 saturated carbocycles. The third-order valence-electron chi connectivity index (χ3n) is 2.20. The number of nitrogens with one attached hydrogen (secondary N) is 1. The SMILES string of the molecule is CCC1NC(=O)O[C@H]1C(C)(C)C. The Morgan fingerprint density at radius 2 is 2.08 bits per heavy atom. The zero-order valence-corrected chi connectivity index (χ0v) is 8.18. The fourth-order valence-corrected chi connectivity index (χ4v) is 1.56. The molecular formula is C9H17NO2. The minimum atomic E-state index is -0.276. The first-order valence-electron chi connectivity index (χ1n) is 4.42. The average molecular weight is 171 g/mol. The van der Waals surface area contributed by atoms with Gasteiger partial charge >= 0.3 is 6.09 Å². The summed E-state index contributed by atoms with van der Waals surface area (Å²) >= 11 is 0. The second-order valence-electron chi connectivity index (χ2n) is 4.35. The molecule has 1 amide bonds. The number of rotatable bonds is 1. The van der Waals surface area contributed by atoms with Gasteiger partial charge < -0.3 is 10.1 Å². The Hall–Kier alpha value is -0.730. The van der Waals surface area contributed by atoms with Crippen molar-refractivity contribution in [3.8, 4) is 0 Å². The molecule has 0 aromatic rings. The maximum Gasteiger partial charge on any atom is 0.407 e. The molecule has 1 fully saturated rings. The number of hydrogen-bond acceptors (Lipinski definition) is 2. The highest BCUT2D eigenvalue weighted by Gasteiger charge is 2.40. The smallest absolute Gasteiger partial charge is 0.407 e. The summed E-state index contributed by atoms with van der Waals surface area (Å²) in [7, 11) is 0. The Morgan fingerprint density at radius 3 is 2.42 bits per heavy atom. The van der Waals surface area contributed by atoms with Crippen molar-refractivity contribution in [3.05, 3.63) is 0 Å². The number of amides is 1. The maximum absolute atomic E-state index is 10.9. The van der Waals surface area contributed by atoms with Crippen molar-refractivity contribution in [3.63, 3.8) is 0 Å². The van der Waals surface area contributed by atoms with Gasteiger partial charge in [0.1, 0.15) is 6.10 Å². The quantitative estimate of drug-likeness (QED) is 0.654. The molecule has 1 aliphatic heterocycles. The molecule has 3 heteroatoms. The molecule has 3 nitrogen and oxygen atoms in total. The molecule has 2 atom stereocenters. The van der Waals surface area contributed by atoms with Gasteiger partial charge in [0, 0.05) is 5.41 Å². The molecule has 0 aliphatic carbocycles. The van der Waals surface area contributed by atoms with Gasteiger partial charge in [-0.2, -0.15) is 0 Å². The van der Waals surface area contributed by atoms with Crippen LogP contribution in [0.15, 0.2) is 0 Å². The van der Waals surface area contributed by atoms with Crippen LogP contribution in [0.3, 0.4) is 0 Å². The second-order valence-corrected chi connectivity index (χ2v) is 4.35. The lowest BCUT2D eigenvalue weighted by atomic mass is 9.84. The van der Waals surface area contributed by atoms with Crippen molar-refractivity contribution < 1.29 is 9.53 Å². The van der Waals surface area contributed by atoms with Crippen LogP contribution in [-0.4, -0.2) is 18.2 Å². The van der Waals surface area contributed by atoms with Gasteiger partial charge in [-0.3, -0.25) is 0 Å². The van der Waals surface area contributed by atoms with Crippen molar-refractivity contribution in [2.24, 2.45) is 5.41 Å². The summed E-state index contributed by atoms with van der Waals surface area (Å²) in [5.74, 6) is 0. The summed E-state index contributed by atoms with van der Waals surface area (Å²) in [6.07, 6.45) is 0.657. The number of cyclic esters (lactones) is 1. The first-order chi connectivity index (χ1) is 5.45. The molecule has 0 radical (unpaired) electrons. The van der Waals surface area contributed by atoms with Crippen molar-refractivity contribution >= 4 is 6.09 Å². The third kappa shape index (κ3) is 1.71. The van der Waals surface area contributed by atoms with Crippen LogP contribution in [-0.2, 0) is 4.74 Å². The molecule has 0 spiro atoms. The normalized spacial score (nSPS) is 29.8. The number of alkyl carbamates (subject to hydrolysis) is 1. The van der Waals surface area contributed by atoms with E-state index in [4.69, 9.17) is 4.74 Å². The average Bonchev–Trinajstić information content (AvgIpc) is 2.29. The molecule has 1 N–H and O–H groups in total. The molecule has 1 rings (SSSR count). The van der Waals surface area contributed by atoms with Crippen molar-refractivity contribution in [2.75, 3.05) is 0 Å². The van der Waals surface area contributed by atoms with Gasteiger partial charge in [-0.25, -0.2) is 4.79 Å². The van der Waals surface area contributed by atoms with Crippen LogP contribution in [0.25, 0.3) is 0 Å². The highest BCUT2D eigenvalue weighted by Crippen LogP contribution is 2.29. The van der Waals surface area contributed by atoms with Crippen molar-refractivity contribution in [1.82, 2.24) is 5.32 Å². The summed E-state index contributed by atoms with van der Waals surface area (Å²) in [5.41, 5.74) is 0.0276. The van der Waals surface area contributed by atoms with E-state index in [0.717, 1.165) is 6.42 Å². The molecule has 70 valence electrons. The van der Waals surface area contributed by atoms with E-state index in [1.165, 1.54) is 0 Å². The van der Waals surface area contributed by atoms with Crippen LogP contribution in [0, 0.1) is 5.41 Å². The minimum absolute atomic E-state index is 0.00926. The Balaban J connectivity index is 2.70. The predicted molar refractivity (Wildman–Crippen MR) is 46.9 cm³/mol. The molecule has 0 aromatic carbocycles. The zero-order valence-electron chi connectivity index (χ0n) is 8.18. The molecular weight excluding hydrogens is 154 g/mol. The third-order valence-corrected chi connectivity index (χ3v) is 2.20. The molecule has 1 unspecified atom stereocenters. The standard InChI is InChI=1S/C9H17NO2/c1-5-6-7(9(2,3)4)12-8(11)10-6/h6-7H,5H2,1-4H3,(H,10,11)/t6?,7-/m1/s1. The lowest BCUT2D eigenvalue weighted by Gasteiger charge is -2.28. The highest BCUT2D eigenvalue weighted by molar-refractivity contribution is 5.70. The second kappa shape index (κ2) is 2.96. The minimum Gasteiger partial charge on any atom is -0.443 e. The van der Waals surface area contributed by atoms with Gasteiger partial charge in [0.15, 0.2) is 0 Å². The number of hydrogen-bond donors (Lipinski definition) is 1. The maximum atomic E-state index is 10.9. The molecule has 1 heterocycles. The first kappa shape index (κ1) is 9.36. The summed E-state index contributed by atoms with van der Waals surface area (Å²) in [6.45, 7) is 8.31. The van der Waals surface area contributed by atoms with Gasteiger partial charge in [-0.1, -0.05) is 27.7 Å². The van der Waals surface area contributed by atoms with Crippen LogP contribution in [0.1, 0.15) is 34.1 Å². The van der Waals surface area contributed by atoms with E-state index in [-0.39, 0.29) is 23.7 Å². The van der Waals surface area contributed by atoms with Crippen LogP contribution in [0.5, 0.6) is 0 Å². The van der Waals surface area contributed by atoms with Crippen LogP contribution in [0.2, 0.25) is 0 Å². The van der Waals surface area contributed by atoms with Gasteiger partial charge in [-0.05, 0) is 6.42 Å². The highest BCUT2D eigenvalue weighted by atomic mass is 16.6. The summed E-state index contributed by atoms with van der Waals surface area (Å²) in [6, 6.07) is 0.178. The summed E-state index contributed by atoms with van der Waals surface area (Å²) < 4.78 is 5.18. The number of carbonyl (C=O) groups excluding carboxylic acids is 1. The zero-order chi connectivity index (χ0) is 9.35. The topological polar surface area (TPSA) is 38.3 Å². The van der Waals surface area contributed by atoms with E-state index in [1.807, 2.05) is 0 Å². The number of ether oxygens (including phenoxy) is 1. The van der Waals surface area contributed by atoms with Gasteiger partial charge in [0.2, 0.25) is 0 Å². The fourth-order valence-electron chi connectivity index (χ4n) is 1.56. The van der Waals surface area contributed by atoms with Gasteiger partial charge in [0.25, 0.3) is 0 Å². The Morgan fingerprint density at radius 1 is 1.50 bits per heavy atom. The van der Waals surface area contributed by atoms with Crippen molar-refractivity contribution in [1.29, 1.82) is 0 Å². The lowest BCUT2D eigenvalue weighted by molar-refractivity contribution is 0.0554. The van der Waals surface area contributed by atoms with Crippen LogP contribution >= 0.6 is 0 Å². The van der Waals surface area contributed by atoms with Crippen LogP contribution in [0.4, 0.5) is 4.79 Å². The van der Waals surface area contributed by atoms with Gasteiger partial charge in [-0.15, -0.1) is 0 Å². The largest absolute Gasteiger partial charge is 0.443 e. The molecule has 12 heavy (non-hydrogen) atoms. The molecule has 0 bridgehead atoms. The Bertz CT molecular complexity index is 183. The molecule has 1 aliphatic rings. The predicted octanol–water partition coefficient (Wildman–Crippen LogP) is 1.92. The van der Waals surface area contributed by atoms with E-state index in [2.05, 4.69) is 33.0 Å². The van der Waals surface area contributed by atoms with E-state index >= 15 is 0 Å². The number of carbonyl (C=O) groups is 1. The molecule has 1 saturated heterocycles. The van der Waals surface area contributed by atoms with E-state index in [0.29, 0.717) is 0 Å². The van der Waals surface area contributed by atoms with E-state index in [1.54, 1.807) is 0 Å². The molecule has 0 aromatic heterocycles. The first-order valence-corrected chi connectivity index (χ1v) is 4.42. The summed E-state index contributed by atoms with van der Waals surface area (Å²) in [4.78, 5) is 10.9. The van der Waals surface area contributed by atoms with Gasteiger partial charge in [0.05, 0.1) is 6.04 Å². The summed E-state index contributed by atoms with van der Waals surface area (Å²) in [5, 5.41) is 2.80. The van der Waals surface area contributed by atoms with E-state index in [9.17, 15) is 4.79 Å². The van der Waals surface area contributed by atoms with Crippen LogP contribution < -0.4 is 5.32 Å².